The number of anilines is 1. The van der Waals surface area contributed by atoms with Gasteiger partial charge in [-0.25, -0.2) is 4.79 Å². The van der Waals surface area contributed by atoms with Crippen molar-refractivity contribution in [3.05, 3.63) is 29.8 Å². The number of carbonyl (C=O) groups excluding carboxylic acids is 2. The number of carboxylic acids is 1. The quantitative estimate of drug-likeness (QED) is 0.667. The first-order valence-electron chi connectivity index (χ1n) is 9.40. The molecule has 2 fully saturated rings. The van der Waals surface area contributed by atoms with Crippen LogP contribution in [-0.2, 0) is 4.79 Å². The van der Waals surface area contributed by atoms with Gasteiger partial charge >= 0.3 is 12.0 Å². The Hall–Kier alpha value is -2.61. The number of hydrogen-bond acceptors (Lipinski definition) is 4. The fourth-order valence-electron chi connectivity index (χ4n) is 3.64. The summed E-state index contributed by atoms with van der Waals surface area (Å²) < 4.78 is 0. The molecule has 0 atom stereocenters. The van der Waals surface area contributed by atoms with Crippen LogP contribution in [0.15, 0.2) is 24.3 Å². The highest BCUT2D eigenvalue weighted by Gasteiger charge is 2.34. The lowest BCUT2D eigenvalue weighted by Gasteiger charge is -2.42. The third-order valence-corrected chi connectivity index (χ3v) is 5.21. The summed E-state index contributed by atoms with van der Waals surface area (Å²) in [5.41, 5.74) is 1.23. The minimum Gasteiger partial charge on any atom is -0.480 e. The summed E-state index contributed by atoms with van der Waals surface area (Å²) in [6, 6.07) is 7.18. The number of aliphatic carboxylic acids is 1. The van der Waals surface area contributed by atoms with E-state index in [0.717, 1.165) is 19.3 Å². The molecule has 0 radical (unpaired) electrons. The second-order valence-corrected chi connectivity index (χ2v) is 7.04. The van der Waals surface area contributed by atoms with Crippen LogP contribution >= 0.6 is 0 Å². The Morgan fingerprint density at radius 3 is 2.81 bits per heavy atom. The molecule has 3 rings (SSSR count). The van der Waals surface area contributed by atoms with Crippen LogP contribution in [-0.4, -0.2) is 66.2 Å². The molecule has 27 heavy (non-hydrogen) atoms. The first kappa shape index (κ1) is 19.2. The Bertz CT molecular complexity index is 717. The molecule has 0 spiro atoms. The molecule has 1 saturated carbocycles. The van der Waals surface area contributed by atoms with Crippen molar-refractivity contribution >= 4 is 23.6 Å². The zero-order valence-electron chi connectivity index (χ0n) is 15.5. The number of likely N-dealkylation sites (N-methyl/N-ethyl adjacent to an activating group) is 1. The maximum absolute atomic E-state index is 12.6. The predicted octanol–water partition coefficient (Wildman–Crippen LogP) is 1.27. The molecule has 1 aromatic rings. The van der Waals surface area contributed by atoms with Crippen LogP contribution in [0.2, 0.25) is 0 Å². The minimum absolute atomic E-state index is 0.0295. The number of urea groups is 1. The van der Waals surface area contributed by atoms with E-state index in [4.69, 9.17) is 5.11 Å². The van der Waals surface area contributed by atoms with Gasteiger partial charge in [0.05, 0.1) is 6.54 Å². The first-order valence-corrected chi connectivity index (χ1v) is 9.40. The molecule has 1 aliphatic carbocycles. The van der Waals surface area contributed by atoms with Crippen LogP contribution in [0.4, 0.5) is 10.5 Å². The van der Waals surface area contributed by atoms with E-state index < -0.39 is 5.97 Å². The second-order valence-electron chi connectivity index (χ2n) is 7.04. The summed E-state index contributed by atoms with van der Waals surface area (Å²) in [5, 5.41) is 14.8. The number of benzene rings is 1. The van der Waals surface area contributed by atoms with Gasteiger partial charge in [0.1, 0.15) is 0 Å². The van der Waals surface area contributed by atoms with Crippen LogP contribution in [0.25, 0.3) is 0 Å². The topological polar surface area (TPSA) is 102 Å². The van der Waals surface area contributed by atoms with Crippen molar-refractivity contribution in [1.29, 1.82) is 0 Å². The summed E-state index contributed by atoms with van der Waals surface area (Å²) in [6.07, 6.45) is 2.37. The molecule has 3 amide bonds. The van der Waals surface area contributed by atoms with Crippen LogP contribution in [0.1, 0.15) is 36.5 Å². The molecular formula is C19H26N4O4. The van der Waals surface area contributed by atoms with Gasteiger partial charge in [0.15, 0.2) is 0 Å². The molecule has 1 saturated heterocycles. The molecule has 0 unspecified atom stereocenters. The Morgan fingerprint density at radius 1 is 1.37 bits per heavy atom. The van der Waals surface area contributed by atoms with Crippen LogP contribution < -0.4 is 15.5 Å². The van der Waals surface area contributed by atoms with E-state index >= 15 is 0 Å². The molecule has 146 valence electrons. The summed E-state index contributed by atoms with van der Waals surface area (Å²) in [4.78, 5) is 39.0. The smallest absolute Gasteiger partial charge is 0.321 e. The number of carbonyl (C=O) groups is 3. The van der Waals surface area contributed by atoms with Crippen molar-refractivity contribution in [2.45, 2.75) is 38.3 Å². The number of nitrogens with zero attached hydrogens (tertiary/aromatic N) is 2. The molecular weight excluding hydrogens is 348 g/mol. The van der Waals surface area contributed by atoms with E-state index in [1.54, 1.807) is 23.1 Å². The Labute approximate surface area is 158 Å². The molecule has 8 heteroatoms. The number of rotatable bonds is 7. The van der Waals surface area contributed by atoms with Gasteiger partial charge in [-0.05, 0) is 44.0 Å². The van der Waals surface area contributed by atoms with Gasteiger partial charge in [0.2, 0.25) is 0 Å². The predicted molar refractivity (Wildman–Crippen MR) is 101 cm³/mol. The van der Waals surface area contributed by atoms with Crippen LogP contribution in [0, 0.1) is 0 Å². The second kappa shape index (κ2) is 8.39. The maximum Gasteiger partial charge on any atom is 0.321 e. The van der Waals surface area contributed by atoms with Crippen molar-refractivity contribution in [3.8, 4) is 0 Å². The van der Waals surface area contributed by atoms with E-state index in [1.165, 1.54) is 0 Å². The van der Waals surface area contributed by atoms with Crippen LogP contribution in [0.3, 0.4) is 0 Å². The SMILES string of the molecule is CCN(CC(=O)O)C1CC(NC(=O)c2cccc(N3CCCNC3=O)c2)C1. The lowest BCUT2D eigenvalue weighted by Crippen LogP contribution is -2.54. The number of carboxylic acid groups (broad SMARTS) is 1. The molecule has 1 aromatic carbocycles. The van der Waals surface area contributed by atoms with Crippen molar-refractivity contribution in [2.24, 2.45) is 0 Å². The summed E-state index contributed by atoms with van der Waals surface area (Å²) in [6.45, 7) is 3.96. The third kappa shape index (κ3) is 4.57. The molecule has 1 heterocycles. The van der Waals surface area contributed by atoms with E-state index in [9.17, 15) is 14.4 Å². The van der Waals surface area contributed by atoms with Gasteiger partial charge in [0, 0.05) is 36.4 Å². The molecule has 3 N–H and O–H groups in total. The van der Waals surface area contributed by atoms with Gasteiger partial charge in [0.25, 0.3) is 5.91 Å². The Morgan fingerprint density at radius 2 is 2.15 bits per heavy atom. The molecule has 1 aliphatic heterocycles. The zero-order chi connectivity index (χ0) is 19.4. The number of amides is 3. The van der Waals surface area contributed by atoms with Gasteiger partial charge in [-0.15, -0.1) is 0 Å². The molecule has 0 bridgehead atoms. The van der Waals surface area contributed by atoms with E-state index in [-0.39, 0.29) is 30.6 Å². The molecule has 2 aliphatic rings. The van der Waals surface area contributed by atoms with E-state index in [0.29, 0.717) is 30.9 Å². The monoisotopic (exact) mass is 374 g/mol. The fraction of sp³-hybridized carbons (Fsp3) is 0.526. The minimum atomic E-state index is -0.831. The van der Waals surface area contributed by atoms with E-state index in [1.807, 2.05) is 17.9 Å². The summed E-state index contributed by atoms with van der Waals surface area (Å²) in [7, 11) is 0. The lowest BCUT2D eigenvalue weighted by atomic mass is 9.85. The number of nitrogens with one attached hydrogen (secondary N) is 2. The van der Waals surface area contributed by atoms with Crippen molar-refractivity contribution < 1.29 is 19.5 Å². The zero-order valence-corrected chi connectivity index (χ0v) is 15.5. The summed E-state index contributed by atoms with van der Waals surface area (Å²) >= 11 is 0. The Balaban J connectivity index is 1.56. The van der Waals surface area contributed by atoms with E-state index in [2.05, 4.69) is 10.6 Å². The molecule has 0 aromatic heterocycles. The van der Waals surface area contributed by atoms with Gasteiger partial charge in [-0.1, -0.05) is 13.0 Å². The fourth-order valence-corrected chi connectivity index (χ4v) is 3.64. The highest BCUT2D eigenvalue weighted by Crippen LogP contribution is 2.26. The first-order chi connectivity index (χ1) is 13.0. The lowest BCUT2D eigenvalue weighted by molar-refractivity contribution is -0.139. The third-order valence-electron chi connectivity index (χ3n) is 5.21. The average molecular weight is 374 g/mol. The number of hydrogen-bond donors (Lipinski definition) is 3. The molecule has 8 nitrogen and oxygen atoms in total. The highest BCUT2D eigenvalue weighted by atomic mass is 16.4. The summed E-state index contributed by atoms with van der Waals surface area (Å²) in [5.74, 6) is -0.998. The maximum atomic E-state index is 12.6. The van der Waals surface area contributed by atoms with Crippen molar-refractivity contribution in [3.63, 3.8) is 0 Å². The van der Waals surface area contributed by atoms with Crippen molar-refractivity contribution in [2.75, 3.05) is 31.1 Å². The van der Waals surface area contributed by atoms with Gasteiger partial charge in [-0.2, -0.15) is 0 Å². The highest BCUT2D eigenvalue weighted by molar-refractivity contribution is 5.98. The largest absolute Gasteiger partial charge is 0.480 e. The van der Waals surface area contributed by atoms with Crippen LogP contribution in [0.5, 0.6) is 0 Å². The average Bonchev–Trinajstić information content (AvgIpc) is 2.63. The van der Waals surface area contributed by atoms with Gasteiger partial charge < -0.3 is 15.7 Å². The van der Waals surface area contributed by atoms with Crippen molar-refractivity contribution in [1.82, 2.24) is 15.5 Å². The van der Waals surface area contributed by atoms with Gasteiger partial charge in [-0.3, -0.25) is 19.4 Å². The normalized spacial score (nSPS) is 22.1. The standard InChI is InChI=1S/C19H26N4O4/c1-2-22(12-17(24)25)16-10-14(11-16)21-18(26)13-5-3-6-15(9-13)23-8-4-7-20-19(23)27/h3,5-6,9,14,16H,2,4,7-8,10-12H2,1H3,(H,20,27)(H,21,26)(H,24,25). The Kier molecular flexibility index (Phi) is 5.95.